The number of ether oxygens (including phenoxy) is 1. The Kier molecular flexibility index (Phi) is 2.29. The number of nitrogens with two attached hydrogens (primary N) is 1. The van der Waals surface area contributed by atoms with E-state index in [0.717, 1.165) is 16.6 Å². The SMILES string of the molecule is Cn1cnc2ccc(COC(N)=O)cc21. The zero-order valence-electron chi connectivity index (χ0n) is 8.30. The third kappa shape index (κ3) is 1.90. The molecule has 0 unspecified atom stereocenters. The fraction of sp³-hybridized carbons (Fsp3) is 0.200. The molecule has 0 aliphatic heterocycles. The normalized spacial score (nSPS) is 10.5. The Morgan fingerprint density at radius 3 is 3.13 bits per heavy atom. The number of benzene rings is 1. The van der Waals surface area contributed by atoms with Crippen molar-refractivity contribution in [3.63, 3.8) is 0 Å². The zero-order valence-corrected chi connectivity index (χ0v) is 8.30. The Balaban J connectivity index is 2.29. The van der Waals surface area contributed by atoms with E-state index in [1.165, 1.54) is 0 Å². The van der Waals surface area contributed by atoms with Crippen LogP contribution in [-0.4, -0.2) is 15.6 Å². The smallest absolute Gasteiger partial charge is 0.404 e. The van der Waals surface area contributed by atoms with Crippen molar-refractivity contribution in [3.8, 4) is 0 Å². The zero-order chi connectivity index (χ0) is 10.8. The van der Waals surface area contributed by atoms with Crippen LogP contribution in [0.5, 0.6) is 0 Å². The first-order valence-corrected chi connectivity index (χ1v) is 4.49. The molecular formula is C10H11N3O2. The van der Waals surface area contributed by atoms with Gasteiger partial charge >= 0.3 is 6.09 Å². The fourth-order valence-corrected chi connectivity index (χ4v) is 1.42. The summed E-state index contributed by atoms with van der Waals surface area (Å²) < 4.78 is 6.61. The predicted octanol–water partition coefficient (Wildman–Crippen LogP) is 1.17. The van der Waals surface area contributed by atoms with Gasteiger partial charge in [-0.1, -0.05) is 6.07 Å². The Hall–Kier alpha value is -2.04. The first-order valence-electron chi connectivity index (χ1n) is 4.49. The Morgan fingerprint density at radius 2 is 2.40 bits per heavy atom. The van der Waals surface area contributed by atoms with Crippen molar-refractivity contribution in [2.75, 3.05) is 0 Å². The minimum absolute atomic E-state index is 0.191. The number of hydrogen-bond donors (Lipinski definition) is 1. The molecule has 0 aliphatic rings. The second-order valence-corrected chi connectivity index (χ2v) is 3.29. The van der Waals surface area contributed by atoms with Gasteiger partial charge < -0.3 is 15.0 Å². The molecule has 0 bridgehead atoms. The summed E-state index contributed by atoms with van der Waals surface area (Å²) in [5.41, 5.74) is 7.70. The van der Waals surface area contributed by atoms with Crippen LogP contribution in [0.1, 0.15) is 5.56 Å². The van der Waals surface area contributed by atoms with Crippen LogP contribution in [0.4, 0.5) is 4.79 Å². The first-order chi connectivity index (χ1) is 7.16. The molecule has 0 spiro atoms. The number of primary amides is 1. The lowest BCUT2D eigenvalue weighted by Gasteiger charge is -2.02. The van der Waals surface area contributed by atoms with Crippen LogP contribution in [0.2, 0.25) is 0 Å². The van der Waals surface area contributed by atoms with Gasteiger partial charge in [0.05, 0.1) is 17.4 Å². The molecule has 2 rings (SSSR count). The van der Waals surface area contributed by atoms with E-state index in [0.29, 0.717) is 0 Å². The van der Waals surface area contributed by atoms with Crippen molar-refractivity contribution in [1.82, 2.24) is 9.55 Å². The van der Waals surface area contributed by atoms with Crippen molar-refractivity contribution in [2.45, 2.75) is 6.61 Å². The molecule has 1 heterocycles. The molecule has 1 aromatic heterocycles. The highest BCUT2D eigenvalue weighted by Gasteiger charge is 2.02. The molecule has 0 saturated heterocycles. The number of imidazole rings is 1. The van der Waals surface area contributed by atoms with Gasteiger partial charge in [-0.05, 0) is 17.7 Å². The van der Waals surface area contributed by atoms with E-state index in [1.807, 2.05) is 29.8 Å². The van der Waals surface area contributed by atoms with E-state index in [1.54, 1.807) is 6.33 Å². The Bertz CT molecular complexity index is 504. The van der Waals surface area contributed by atoms with Gasteiger partial charge in [0.1, 0.15) is 6.61 Å². The van der Waals surface area contributed by atoms with Gasteiger partial charge in [-0.3, -0.25) is 0 Å². The third-order valence-corrected chi connectivity index (χ3v) is 2.17. The largest absolute Gasteiger partial charge is 0.445 e. The van der Waals surface area contributed by atoms with Crippen LogP contribution in [0, 0.1) is 0 Å². The van der Waals surface area contributed by atoms with Crippen LogP contribution in [-0.2, 0) is 18.4 Å². The molecule has 0 aliphatic carbocycles. The summed E-state index contributed by atoms with van der Waals surface area (Å²) in [6.45, 7) is 0.191. The maximum Gasteiger partial charge on any atom is 0.404 e. The summed E-state index contributed by atoms with van der Waals surface area (Å²) in [5, 5.41) is 0. The number of amides is 1. The minimum Gasteiger partial charge on any atom is -0.445 e. The highest BCUT2D eigenvalue weighted by molar-refractivity contribution is 5.76. The van der Waals surface area contributed by atoms with E-state index in [4.69, 9.17) is 10.5 Å². The predicted molar refractivity (Wildman–Crippen MR) is 55.1 cm³/mol. The molecule has 5 nitrogen and oxygen atoms in total. The molecule has 0 fully saturated rings. The van der Waals surface area contributed by atoms with Gasteiger partial charge in [0.15, 0.2) is 0 Å². The summed E-state index contributed by atoms with van der Waals surface area (Å²) in [6, 6.07) is 5.67. The molecule has 0 radical (unpaired) electrons. The molecule has 1 amide bonds. The molecule has 5 heteroatoms. The van der Waals surface area contributed by atoms with E-state index in [9.17, 15) is 4.79 Å². The topological polar surface area (TPSA) is 70.1 Å². The van der Waals surface area contributed by atoms with Crippen LogP contribution < -0.4 is 5.73 Å². The van der Waals surface area contributed by atoms with Crippen molar-refractivity contribution in [1.29, 1.82) is 0 Å². The second kappa shape index (κ2) is 3.61. The molecule has 0 atom stereocenters. The van der Waals surface area contributed by atoms with Gasteiger partial charge in [-0.25, -0.2) is 9.78 Å². The summed E-state index contributed by atoms with van der Waals surface area (Å²) in [4.78, 5) is 14.6. The lowest BCUT2D eigenvalue weighted by Crippen LogP contribution is -2.12. The van der Waals surface area contributed by atoms with Gasteiger partial charge in [-0.2, -0.15) is 0 Å². The molecule has 2 aromatic rings. The van der Waals surface area contributed by atoms with Gasteiger partial charge in [0, 0.05) is 7.05 Å². The summed E-state index contributed by atoms with van der Waals surface area (Å²) in [7, 11) is 1.91. The van der Waals surface area contributed by atoms with E-state index in [-0.39, 0.29) is 6.61 Å². The maximum atomic E-state index is 10.4. The standard InChI is InChI=1S/C10H11N3O2/c1-13-6-12-8-3-2-7(4-9(8)13)5-15-10(11)14/h2-4,6H,5H2,1H3,(H2,11,14). The van der Waals surface area contributed by atoms with E-state index >= 15 is 0 Å². The quantitative estimate of drug-likeness (QED) is 0.799. The lowest BCUT2D eigenvalue weighted by atomic mass is 10.2. The number of hydrogen-bond acceptors (Lipinski definition) is 3. The van der Waals surface area contributed by atoms with Gasteiger partial charge in [0.25, 0.3) is 0 Å². The van der Waals surface area contributed by atoms with Crippen LogP contribution in [0.25, 0.3) is 11.0 Å². The number of fused-ring (bicyclic) bond motifs is 1. The lowest BCUT2D eigenvalue weighted by molar-refractivity contribution is 0.150. The molecule has 2 N–H and O–H groups in total. The van der Waals surface area contributed by atoms with Crippen molar-refractivity contribution >= 4 is 17.1 Å². The number of rotatable bonds is 2. The molecule has 15 heavy (non-hydrogen) atoms. The Morgan fingerprint density at radius 1 is 1.60 bits per heavy atom. The van der Waals surface area contributed by atoms with Crippen molar-refractivity contribution < 1.29 is 9.53 Å². The first kappa shape index (κ1) is 9.51. The van der Waals surface area contributed by atoms with E-state index < -0.39 is 6.09 Å². The second-order valence-electron chi connectivity index (χ2n) is 3.29. The van der Waals surface area contributed by atoms with Crippen LogP contribution >= 0.6 is 0 Å². The number of aryl methyl sites for hydroxylation is 1. The van der Waals surface area contributed by atoms with Crippen LogP contribution in [0.3, 0.4) is 0 Å². The Labute approximate surface area is 86.5 Å². The minimum atomic E-state index is -0.764. The van der Waals surface area contributed by atoms with Crippen molar-refractivity contribution in [3.05, 3.63) is 30.1 Å². The summed E-state index contributed by atoms with van der Waals surface area (Å²) >= 11 is 0. The van der Waals surface area contributed by atoms with Gasteiger partial charge in [0.2, 0.25) is 0 Å². The molecular weight excluding hydrogens is 194 g/mol. The fourth-order valence-electron chi connectivity index (χ4n) is 1.42. The van der Waals surface area contributed by atoms with Gasteiger partial charge in [-0.15, -0.1) is 0 Å². The number of carbonyl (C=O) groups excluding carboxylic acids is 1. The number of aromatic nitrogens is 2. The van der Waals surface area contributed by atoms with E-state index in [2.05, 4.69) is 4.98 Å². The molecule has 78 valence electrons. The monoisotopic (exact) mass is 205 g/mol. The third-order valence-electron chi connectivity index (χ3n) is 2.17. The average molecular weight is 205 g/mol. The number of nitrogens with zero attached hydrogens (tertiary/aromatic N) is 2. The highest BCUT2D eigenvalue weighted by Crippen LogP contribution is 2.14. The van der Waals surface area contributed by atoms with Crippen LogP contribution in [0.15, 0.2) is 24.5 Å². The molecule has 1 aromatic carbocycles. The highest BCUT2D eigenvalue weighted by atomic mass is 16.5. The van der Waals surface area contributed by atoms with Crippen molar-refractivity contribution in [2.24, 2.45) is 12.8 Å². The average Bonchev–Trinajstić information content (AvgIpc) is 2.57. The molecule has 0 saturated carbocycles. The summed E-state index contributed by atoms with van der Waals surface area (Å²) in [5.74, 6) is 0. The number of carbonyl (C=O) groups is 1. The summed E-state index contributed by atoms with van der Waals surface area (Å²) in [6.07, 6.45) is 0.976. The maximum absolute atomic E-state index is 10.4.